The third-order valence-electron chi connectivity index (χ3n) is 2.87. The van der Waals surface area contributed by atoms with Crippen molar-refractivity contribution in [2.24, 2.45) is 12.8 Å². The quantitative estimate of drug-likeness (QED) is 0.830. The van der Waals surface area contributed by atoms with E-state index in [2.05, 4.69) is 10.4 Å². The molecule has 5 nitrogen and oxygen atoms in total. The molecule has 1 aromatic carbocycles. The zero-order valence-corrected chi connectivity index (χ0v) is 11.0. The van der Waals surface area contributed by atoms with E-state index in [9.17, 15) is 4.79 Å². The van der Waals surface area contributed by atoms with Crippen LogP contribution in [0.25, 0.3) is 0 Å². The molecule has 0 bridgehead atoms. The third-order valence-corrected chi connectivity index (χ3v) is 2.87. The van der Waals surface area contributed by atoms with E-state index in [0.717, 1.165) is 16.7 Å². The maximum Gasteiger partial charge on any atom is 0.224 e. The second-order valence-corrected chi connectivity index (χ2v) is 4.50. The maximum absolute atomic E-state index is 11.8. The van der Waals surface area contributed by atoms with Gasteiger partial charge < -0.3 is 11.1 Å². The van der Waals surface area contributed by atoms with Gasteiger partial charge in [-0.1, -0.05) is 24.3 Å². The van der Waals surface area contributed by atoms with Gasteiger partial charge in [-0.15, -0.1) is 0 Å². The third kappa shape index (κ3) is 3.93. The number of hydrogen-bond acceptors (Lipinski definition) is 3. The first-order valence-electron chi connectivity index (χ1n) is 6.19. The predicted molar refractivity (Wildman–Crippen MR) is 73.1 cm³/mol. The van der Waals surface area contributed by atoms with E-state index in [0.29, 0.717) is 19.5 Å². The fourth-order valence-electron chi connectivity index (χ4n) is 1.80. The average Bonchev–Trinajstić information content (AvgIpc) is 2.83. The van der Waals surface area contributed by atoms with Crippen LogP contribution < -0.4 is 11.1 Å². The highest BCUT2D eigenvalue weighted by Gasteiger charge is 2.04. The van der Waals surface area contributed by atoms with Crippen molar-refractivity contribution in [1.29, 1.82) is 0 Å². The van der Waals surface area contributed by atoms with E-state index >= 15 is 0 Å². The van der Waals surface area contributed by atoms with Gasteiger partial charge in [-0.05, 0) is 11.1 Å². The molecule has 0 unspecified atom stereocenters. The van der Waals surface area contributed by atoms with Crippen LogP contribution >= 0.6 is 0 Å². The number of rotatable bonds is 5. The van der Waals surface area contributed by atoms with E-state index < -0.39 is 0 Å². The van der Waals surface area contributed by atoms with Crippen molar-refractivity contribution in [3.8, 4) is 0 Å². The first kappa shape index (κ1) is 13.3. The number of aromatic nitrogens is 2. The SMILES string of the molecule is Cn1cc(CNC(=O)Cc2ccc(CN)cc2)cn1. The van der Waals surface area contributed by atoms with E-state index in [1.54, 1.807) is 10.9 Å². The smallest absolute Gasteiger partial charge is 0.224 e. The molecule has 100 valence electrons. The summed E-state index contributed by atoms with van der Waals surface area (Å²) in [7, 11) is 1.85. The van der Waals surface area contributed by atoms with E-state index in [4.69, 9.17) is 5.73 Å². The Morgan fingerprint density at radius 1 is 1.26 bits per heavy atom. The summed E-state index contributed by atoms with van der Waals surface area (Å²) >= 11 is 0. The highest BCUT2D eigenvalue weighted by Crippen LogP contribution is 2.04. The minimum Gasteiger partial charge on any atom is -0.352 e. The Balaban J connectivity index is 1.83. The van der Waals surface area contributed by atoms with E-state index in [1.807, 2.05) is 37.5 Å². The van der Waals surface area contributed by atoms with Gasteiger partial charge >= 0.3 is 0 Å². The highest BCUT2D eigenvalue weighted by atomic mass is 16.1. The molecule has 5 heteroatoms. The van der Waals surface area contributed by atoms with Crippen molar-refractivity contribution in [1.82, 2.24) is 15.1 Å². The van der Waals surface area contributed by atoms with E-state index in [1.165, 1.54) is 0 Å². The molecule has 0 atom stereocenters. The Bertz CT molecular complexity index is 545. The minimum absolute atomic E-state index is 0.00403. The lowest BCUT2D eigenvalue weighted by molar-refractivity contribution is -0.120. The molecule has 0 radical (unpaired) electrons. The summed E-state index contributed by atoms with van der Waals surface area (Å²) < 4.78 is 1.72. The van der Waals surface area contributed by atoms with Gasteiger partial charge in [0, 0.05) is 31.9 Å². The largest absolute Gasteiger partial charge is 0.352 e. The molecule has 0 aliphatic heterocycles. The molecule has 1 heterocycles. The second-order valence-electron chi connectivity index (χ2n) is 4.50. The number of nitrogens with zero attached hydrogens (tertiary/aromatic N) is 2. The van der Waals surface area contributed by atoms with Gasteiger partial charge in [0.25, 0.3) is 0 Å². The number of nitrogens with one attached hydrogen (secondary N) is 1. The monoisotopic (exact) mass is 258 g/mol. The van der Waals surface area contributed by atoms with Crippen LogP contribution in [0.5, 0.6) is 0 Å². The normalized spacial score (nSPS) is 10.4. The number of benzene rings is 1. The van der Waals surface area contributed by atoms with E-state index in [-0.39, 0.29) is 5.91 Å². The molecular weight excluding hydrogens is 240 g/mol. The Morgan fingerprint density at radius 2 is 1.95 bits per heavy atom. The summed E-state index contributed by atoms with van der Waals surface area (Å²) in [5, 5.41) is 6.92. The fourth-order valence-corrected chi connectivity index (χ4v) is 1.80. The molecular formula is C14H18N4O. The maximum atomic E-state index is 11.8. The summed E-state index contributed by atoms with van der Waals surface area (Å²) in [4.78, 5) is 11.8. The fraction of sp³-hybridized carbons (Fsp3) is 0.286. The van der Waals surface area contributed by atoms with Crippen molar-refractivity contribution in [3.05, 3.63) is 53.3 Å². The Hall–Kier alpha value is -2.14. The molecule has 3 N–H and O–H groups in total. The van der Waals surface area contributed by atoms with Crippen LogP contribution in [0.1, 0.15) is 16.7 Å². The highest BCUT2D eigenvalue weighted by molar-refractivity contribution is 5.78. The van der Waals surface area contributed by atoms with Crippen LogP contribution in [0.15, 0.2) is 36.7 Å². The van der Waals surface area contributed by atoms with Gasteiger partial charge in [-0.3, -0.25) is 9.48 Å². The summed E-state index contributed by atoms with van der Waals surface area (Å²) in [5.74, 6) is 0.00403. The van der Waals surface area contributed by atoms with Gasteiger partial charge in [0.05, 0.1) is 12.6 Å². The molecule has 2 aromatic rings. The Labute approximate surface area is 112 Å². The molecule has 0 aliphatic carbocycles. The lowest BCUT2D eigenvalue weighted by atomic mass is 10.1. The first-order chi connectivity index (χ1) is 9.17. The van der Waals surface area contributed by atoms with Crippen molar-refractivity contribution >= 4 is 5.91 Å². The standard InChI is InChI=1S/C14H18N4O/c1-18-10-13(9-17-18)8-16-14(19)6-11-2-4-12(7-15)5-3-11/h2-5,9-10H,6-8,15H2,1H3,(H,16,19). The van der Waals surface area contributed by atoms with Gasteiger partial charge in [0.2, 0.25) is 5.91 Å². The number of aryl methyl sites for hydroxylation is 1. The van der Waals surface area contributed by atoms with Crippen LogP contribution in [0.2, 0.25) is 0 Å². The van der Waals surface area contributed by atoms with Crippen LogP contribution in [0.4, 0.5) is 0 Å². The summed E-state index contributed by atoms with van der Waals surface area (Å²) in [6.45, 7) is 1.03. The Morgan fingerprint density at radius 3 is 2.53 bits per heavy atom. The van der Waals surface area contributed by atoms with Gasteiger partial charge in [0.1, 0.15) is 0 Å². The second kappa shape index (κ2) is 6.15. The molecule has 2 rings (SSSR count). The Kier molecular flexibility index (Phi) is 4.30. The zero-order chi connectivity index (χ0) is 13.7. The van der Waals surface area contributed by atoms with Crippen molar-refractivity contribution < 1.29 is 4.79 Å². The number of amides is 1. The number of hydrogen-bond donors (Lipinski definition) is 2. The topological polar surface area (TPSA) is 72.9 Å². The first-order valence-corrected chi connectivity index (χ1v) is 6.19. The summed E-state index contributed by atoms with van der Waals surface area (Å²) in [6.07, 6.45) is 4.01. The van der Waals surface area contributed by atoms with Crippen LogP contribution in [-0.2, 0) is 31.4 Å². The van der Waals surface area contributed by atoms with Crippen molar-refractivity contribution in [2.75, 3.05) is 0 Å². The number of carbonyl (C=O) groups is 1. The number of carbonyl (C=O) groups excluding carboxylic acids is 1. The molecule has 0 saturated heterocycles. The molecule has 0 saturated carbocycles. The average molecular weight is 258 g/mol. The summed E-state index contributed by atoms with van der Waals surface area (Å²) in [6, 6.07) is 7.77. The molecule has 19 heavy (non-hydrogen) atoms. The lowest BCUT2D eigenvalue weighted by Crippen LogP contribution is -2.24. The molecule has 0 aliphatic rings. The molecule has 1 aromatic heterocycles. The molecule has 1 amide bonds. The van der Waals surface area contributed by atoms with Gasteiger partial charge in [-0.25, -0.2) is 0 Å². The minimum atomic E-state index is 0.00403. The van der Waals surface area contributed by atoms with Gasteiger partial charge in [0.15, 0.2) is 0 Å². The predicted octanol–water partition coefficient (Wildman–Crippen LogP) is 0.738. The molecule has 0 fully saturated rings. The zero-order valence-electron chi connectivity index (χ0n) is 11.0. The molecule has 0 spiro atoms. The van der Waals surface area contributed by atoms with Crippen LogP contribution in [-0.4, -0.2) is 15.7 Å². The van der Waals surface area contributed by atoms with Crippen molar-refractivity contribution in [3.63, 3.8) is 0 Å². The van der Waals surface area contributed by atoms with Gasteiger partial charge in [-0.2, -0.15) is 5.10 Å². The number of nitrogens with two attached hydrogens (primary N) is 1. The summed E-state index contributed by atoms with van der Waals surface area (Å²) in [5.41, 5.74) is 8.58. The van der Waals surface area contributed by atoms with Crippen LogP contribution in [0.3, 0.4) is 0 Å². The van der Waals surface area contributed by atoms with Crippen molar-refractivity contribution in [2.45, 2.75) is 19.5 Å². The lowest BCUT2D eigenvalue weighted by Gasteiger charge is -2.04. The van der Waals surface area contributed by atoms with Crippen LogP contribution in [0, 0.1) is 0 Å².